The number of guanidine groups is 1. The number of hydrogen-bond acceptors (Lipinski definition) is 6. The molecule has 4 rings (SSSR count). The molecule has 0 bridgehead atoms. The van der Waals surface area contributed by atoms with Gasteiger partial charge in [-0.2, -0.15) is 0 Å². The first-order valence-corrected chi connectivity index (χ1v) is 11.7. The van der Waals surface area contributed by atoms with Crippen LogP contribution >= 0.6 is 11.6 Å². The molecule has 0 saturated carbocycles. The van der Waals surface area contributed by atoms with Gasteiger partial charge in [-0.3, -0.25) is 14.4 Å². The minimum Gasteiger partial charge on any atom is -0.378 e. The molecule has 0 aliphatic carbocycles. The summed E-state index contributed by atoms with van der Waals surface area (Å²) in [6.45, 7) is 7.49. The smallest absolute Gasteiger partial charge is 0.232 e. The molecule has 1 aromatic heterocycles. The van der Waals surface area contributed by atoms with Gasteiger partial charge >= 0.3 is 0 Å². The summed E-state index contributed by atoms with van der Waals surface area (Å²) in [4.78, 5) is 19.7. The summed E-state index contributed by atoms with van der Waals surface area (Å²) in [6.07, 6.45) is 5.83. The molecule has 1 fully saturated rings. The number of aliphatic imine (C=N–C) groups is 1. The Bertz CT molecular complexity index is 1020. The highest BCUT2D eigenvalue weighted by molar-refractivity contribution is 6.34. The monoisotopic (exact) mass is 458 g/mol. The molecule has 172 valence electrons. The van der Waals surface area contributed by atoms with Crippen LogP contribution in [0.25, 0.3) is 11.3 Å². The number of hydrogen-bond donors (Lipinski definition) is 1. The van der Waals surface area contributed by atoms with Gasteiger partial charge in [-0.05, 0) is 38.7 Å². The molecule has 2 aliphatic heterocycles. The maximum Gasteiger partial charge on any atom is 0.232 e. The summed E-state index contributed by atoms with van der Waals surface area (Å²) in [5.41, 5.74) is 7.74. The molecule has 3 atom stereocenters. The number of carbonyl (C=O) groups is 1. The fraction of sp³-hybridized carbons (Fsp3) is 0.565. The third kappa shape index (κ3) is 4.38. The molecule has 2 N–H and O–H groups in total. The van der Waals surface area contributed by atoms with Crippen molar-refractivity contribution in [3.05, 3.63) is 35.0 Å². The molecule has 8 nitrogen and oxygen atoms in total. The lowest BCUT2D eigenvalue weighted by atomic mass is 9.85. The van der Waals surface area contributed by atoms with Gasteiger partial charge in [0.15, 0.2) is 5.96 Å². The van der Waals surface area contributed by atoms with E-state index >= 15 is 0 Å². The zero-order valence-corrected chi connectivity index (χ0v) is 19.7. The fourth-order valence-electron chi connectivity index (χ4n) is 4.61. The molecule has 0 unspecified atom stereocenters. The number of aromatic nitrogens is 3. The van der Waals surface area contributed by atoms with E-state index in [4.69, 9.17) is 27.1 Å². The summed E-state index contributed by atoms with van der Waals surface area (Å²) < 4.78 is 7.45. The Hall–Kier alpha value is -2.45. The second-order valence-corrected chi connectivity index (χ2v) is 9.31. The van der Waals surface area contributed by atoms with Crippen molar-refractivity contribution in [3.8, 4) is 11.3 Å². The molecule has 1 aromatic carbocycles. The first-order valence-electron chi connectivity index (χ1n) is 11.3. The van der Waals surface area contributed by atoms with E-state index in [1.54, 1.807) is 4.90 Å². The molecule has 3 heterocycles. The van der Waals surface area contributed by atoms with Crippen LogP contribution in [0.15, 0.2) is 29.4 Å². The zero-order chi connectivity index (χ0) is 22.9. The number of nitrogens with two attached hydrogens (primary N) is 1. The Morgan fingerprint density at radius 1 is 1.38 bits per heavy atom. The van der Waals surface area contributed by atoms with Crippen LogP contribution in [0.1, 0.15) is 58.4 Å². The molecule has 0 spiro atoms. The van der Waals surface area contributed by atoms with Crippen molar-refractivity contribution in [2.45, 2.75) is 77.1 Å². The van der Waals surface area contributed by atoms with Gasteiger partial charge in [0, 0.05) is 24.8 Å². The molecule has 0 radical (unpaired) electrons. The zero-order valence-electron chi connectivity index (χ0n) is 18.9. The van der Waals surface area contributed by atoms with Crippen molar-refractivity contribution in [1.29, 1.82) is 0 Å². The molecule has 2 aliphatic rings. The Labute approximate surface area is 193 Å². The minimum absolute atomic E-state index is 0.0134. The van der Waals surface area contributed by atoms with E-state index in [-0.39, 0.29) is 30.4 Å². The van der Waals surface area contributed by atoms with Gasteiger partial charge in [0.25, 0.3) is 0 Å². The van der Waals surface area contributed by atoms with E-state index < -0.39 is 5.54 Å². The molecule has 2 aromatic rings. The van der Waals surface area contributed by atoms with Crippen molar-refractivity contribution >= 4 is 23.5 Å². The minimum atomic E-state index is -0.847. The van der Waals surface area contributed by atoms with Crippen LogP contribution in [-0.4, -0.2) is 50.5 Å². The predicted octanol–water partition coefficient (Wildman–Crippen LogP) is 3.73. The van der Waals surface area contributed by atoms with Crippen molar-refractivity contribution in [2.75, 3.05) is 6.61 Å². The summed E-state index contributed by atoms with van der Waals surface area (Å²) in [6, 6.07) is 5.75. The van der Waals surface area contributed by atoms with Gasteiger partial charge in [0.2, 0.25) is 5.91 Å². The first kappa shape index (κ1) is 22.7. The highest BCUT2D eigenvalue weighted by atomic mass is 35.5. The molecular formula is C23H31ClN6O2. The van der Waals surface area contributed by atoms with Crippen LogP contribution in [0.3, 0.4) is 0 Å². The second kappa shape index (κ2) is 9.19. The van der Waals surface area contributed by atoms with Crippen LogP contribution in [0.5, 0.6) is 0 Å². The predicted molar refractivity (Wildman–Crippen MR) is 124 cm³/mol. The Morgan fingerprint density at radius 3 is 2.91 bits per heavy atom. The lowest BCUT2D eigenvalue weighted by molar-refractivity contribution is -0.133. The second-order valence-electron chi connectivity index (χ2n) is 8.93. The summed E-state index contributed by atoms with van der Waals surface area (Å²) in [5, 5.41) is 9.04. The van der Waals surface area contributed by atoms with E-state index in [9.17, 15) is 4.79 Å². The van der Waals surface area contributed by atoms with E-state index in [1.807, 2.05) is 42.9 Å². The lowest BCUT2D eigenvalue weighted by Gasteiger charge is -2.41. The average Bonchev–Trinajstić information content (AvgIpc) is 3.20. The molecule has 32 heavy (non-hydrogen) atoms. The highest BCUT2D eigenvalue weighted by Gasteiger charge is 2.42. The van der Waals surface area contributed by atoms with Gasteiger partial charge in [0.1, 0.15) is 5.69 Å². The van der Waals surface area contributed by atoms with Crippen LogP contribution in [0.2, 0.25) is 5.02 Å². The summed E-state index contributed by atoms with van der Waals surface area (Å²) >= 11 is 6.85. The van der Waals surface area contributed by atoms with Gasteiger partial charge in [-0.1, -0.05) is 48.4 Å². The standard InChI is InChI=1S/C23H31ClN6O2/c1-4-5-10-29-14-19(27-28-29)17-7-6-8-18(21(17)24)23(3)13-20(31)30(22(25)26-23)16-9-11-32-15(2)12-16/h6-8,14-16H,4-5,9-13H2,1-3H3,(H2,25,26)/t15-,16-,23-/m0/s1. The van der Waals surface area contributed by atoms with Gasteiger partial charge in [0.05, 0.1) is 29.3 Å². The third-order valence-electron chi connectivity index (χ3n) is 6.33. The fourth-order valence-corrected chi connectivity index (χ4v) is 5.03. The van der Waals surface area contributed by atoms with Crippen LogP contribution in [0.4, 0.5) is 0 Å². The van der Waals surface area contributed by atoms with Crippen molar-refractivity contribution in [2.24, 2.45) is 10.7 Å². The molecule has 1 saturated heterocycles. The van der Waals surface area contributed by atoms with E-state index in [0.717, 1.165) is 43.4 Å². The quantitative estimate of drug-likeness (QED) is 0.711. The topological polar surface area (TPSA) is 98.6 Å². The van der Waals surface area contributed by atoms with Crippen LogP contribution in [-0.2, 0) is 21.6 Å². The van der Waals surface area contributed by atoms with Gasteiger partial charge in [-0.25, -0.2) is 4.99 Å². The van der Waals surface area contributed by atoms with E-state index in [1.165, 1.54) is 0 Å². The molecule has 9 heteroatoms. The number of unbranched alkanes of at least 4 members (excludes halogenated alkanes) is 1. The molecular weight excluding hydrogens is 428 g/mol. The van der Waals surface area contributed by atoms with Crippen molar-refractivity contribution < 1.29 is 9.53 Å². The average molecular weight is 459 g/mol. The van der Waals surface area contributed by atoms with E-state index in [2.05, 4.69) is 17.2 Å². The normalized spacial score (nSPS) is 26.3. The SMILES string of the molecule is CCCCn1cc(-c2cccc([C@]3(C)CC(=O)N([C@H]4CCO[C@@H](C)C4)C(N)=N3)c2Cl)nn1. The Balaban J connectivity index is 1.64. The van der Waals surface area contributed by atoms with E-state index in [0.29, 0.717) is 17.3 Å². The lowest BCUT2D eigenvalue weighted by Crippen LogP contribution is -2.56. The number of aryl methyl sites for hydroxylation is 1. The van der Waals surface area contributed by atoms with Gasteiger partial charge < -0.3 is 10.5 Å². The van der Waals surface area contributed by atoms with Crippen molar-refractivity contribution in [3.63, 3.8) is 0 Å². The number of nitrogens with zero attached hydrogens (tertiary/aromatic N) is 5. The number of rotatable bonds is 6. The Kier molecular flexibility index (Phi) is 6.53. The number of halogens is 1. The van der Waals surface area contributed by atoms with Crippen LogP contribution < -0.4 is 5.73 Å². The number of amides is 1. The third-order valence-corrected chi connectivity index (χ3v) is 6.74. The Morgan fingerprint density at radius 2 is 2.19 bits per heavy atom. The maximum atomic E-state index is 13.2. The number of ether oxygens (including phenoxy) is 1. The maximum absolute atomic E-state index is 13.2. The highest BCUT2D eigenvalue weighted by Crippen LogP contribution is 2.41. The molecule has 1 amide bonds. The van der Waals surface area contributed by atoms with Gasteiger partial charge in [-0.15, -0.1) is 5.10 Å². The number of benzene rings is 1. The largest absolute Gasteiger partial charge is 0.378 e. The van der Waals surface area contributed by atoms with Crippen molar-refractivity contribution in [1.82, 2.24) is 19.9 Å². The summed E-state index contributed by atoms with van der Waals surface area (Å²) in [5.74, 6) is 0.209. The first-order chi connectivity index (χ1) is 15.3. The number of carbonyl (C=O) groups excluding carboxylic acids is 1. The van der Waals surface area contributed by atoms with Crippen LogP contribution in [0, 0.1) is 0 Å². The summed E-state index contributed by atoms with van der Waals surface area (Å²) in [7, 11) is 0.